The van der Waals surface area contributed by atoms with Gasteiger partial charge in [-0.05, 0) is 63.1 Å². The van der Waals surface area contributed by atoms with Crippen LogP contribution in [0.3, 0.4) is 0 Å². The van der Waals surface area contributed by atoms with Gasteiger partial charge in [0.05, 0.1) is 11.4 Å². The number of fused-ring (bicyclic) bond motifs is 8. The van der Waals surface area contributed by atoms with Gasteiger partial charge in [0, 0.05) is 31.4 Å². The average Bonchev–Trinajstić information content (AvgIpc) is 3.13. The molecule has 0 N–H and O–H groups in total. The Morgan fingerprint density at radius 1 is 0.679 bits per heavy atom. The van der Waals surface area contributed by atoms with Crippen LogP contribution in [0.4, 0.5) is 17.2 Å². The number of benzene rings is 2. The number of hydrogen-bond acceptors (Lipinski definition) is 3. The Morgan fingerprint density at radius 2 is 1.50 bits per heavy atom. The van der Waals surface area contributed by atoms with Crippen LogP contribution in [0.1, 0.15) is 33.4 Å². The summed E-state index contributed by atoms with van der Waals surface area (Å²) < 4.78 is 0. The monoisotopic (exact) mass is 359 g/mol. The van der Waals surface area contributed by atoms with E-state index < -0.39 is 0 Å². The third-order valence-electron chi connectivity index (χ3n) is 6.44. The van der Waals surface area contributed by atoms with Crippen molar-refractivity contribution in [1.82, 2.24) is 9.97 Å². The second-order valence-electron chi connectivity index (χ2n) is 7.90. The highest BCUT2D eigenvalue weighted by molar-refractivity contribution is 5.91. The van der Waals surface area contributed by atoms with Gasteiger partial charge < -0.3 is 0 Å². The smallest absolute Gasteiger partial charge is 0.141 e. The molecule has 7 rings (SSSR count). The SMILES string of the molecule is c1ccc2c(c1)Cc1c-2ccc2c1Cc1cncc3c1N2c1ncccc1C3. The van der Waals surface area contributed by atoms with Crippen LogP contribution >= 0.6 is 0 Å². The predicted octanol–water partition coefficient (Wildman–Crippen LogP) is 5.33. The largest absolute Gasteiger partial charge is 0.294 e. The fourth-order valence-corrected chi connectivity index (χ4v) is 5.27. The molecule has 28 heavy (non-hydrogen) atoms. The predicted molar refractivity (Wildman–Crippen MR) is 111 cm³/mol. The molecule has 132 valence electrons. The normalized spacial score (nSPS) is 14.6. The van der Waals surface area contributed by atoms with E-state index in [9.17, 15) is 0 Å². The van der Waals surface area contributed by atoms with E-state index in [1.807, 2.05) is 24.7 Å². The molecule has 4 aromatic rings. The molecule has 2 aromatic heterocycles. The first kappa shape index (κ1) is 14.6. The summed E-state index contributed by atoms with van der Waals surface area (Å²) in [5.41, 5.74) is 13.6. The number of anilines is 3. The Labute approximate surface area is 163 Å². The molecule has 0 saturated carbocycles. The van der Waals surface area contributed by atoms with E-state index in [2.05, 4.69) is 52.3 Å². The molecule has 0 spiro atoms. The van der Waals surface area contributed by atoms with Gasteiger partial charge in [0.1, 0.15) is 5.82 Å². The number of nitrogens with zero attached hydrogens (tertiary/aromatic N) is 3. The Hall–Kier alpha value is -3.46. The minimum absolute atomic E-state index is 0.904. The van der Waals surface area contributed by atoms with Crippen LogP contribution < -0.4 is 4.90 Å². The maximum absolute atomic E-state index is 4.78. The lowest BCUT2D eigenvalue weighted by atomic mass is 9.86. The van der Waals surface area contributed by atoms with Crippen molar-refractivity contribution in [2.45, 2.75) is 19.3 Å². The maximum Gasteiger partial charge on any atom is 0.141 e. The van der Waals surface area contributed by atoms with E-state index in [1.54, 1.807) is 0 Å². The summed E-state index contributed by atoms with van der Waals surface area (Å²) in [5, 5.41) is 0. The second kappa shape index (κ2) is 5.08. The fraction of sp³-hybridized carbons (Fsp3) is 0.120. The molecule has 3 aliphatic rings. The van der Waals surface area contributed by atoms with Gasteiger partial charge in [0.2, 0.25) is 0 Å². The molecule has 3 heteroatoms. The Morgan fingerprint density at radius 3 is 2.46 bits per heavy atom. The van der Waals surface area contributed by atoms with Crippen LogP contribution in [0.25, 0.3) is 11.1 Å². The van der Waals surface area contributed by atoms with Gasteiger partial charge in [-0.15, -0.1) is 0 Å². The van der Waals surface area contributed by atoms with Crippen molar-refractivity contribution in [2.24, 2.45) is 0 Å². The number of rotatable bonds is 0. The summed E-state index contributed by atoms with van der Waals surface area (Å²) in [6.07, 6.45) is 8.84. The van der Waals surface area contributed by atoms with Crippen molar-refractivity contribution in [3.05, 3.63) is 101 Å². The molecule has 3 nitrogen and oxygen atoms in total. The lowest BCUT2D eigenvalue weighted by molar-refractivity contribution is 0.953. The van der Waals surface area contributed by atoms with Gasteiger partial charge in [-0.1, -0.05) is 36.4 Å². The quantitative estimate of drug-likeness (QED) is 0.367. The van der Waals surface area contributed by atoms with Gasteiger partial charge in [-0.25, -0.2) is 4.98 Å². The standard InChI is InChI=1S/C25H17N3/c1-2-6-19-15(4-1)11-21-20(19)7-8-23-22(21)12-18-14-26-13-17-10-16-5-3-9-27-25(16)28(23)24(17)18/h1-9,13-14H,10-12H2. The summed E-state index contributed by atoms with van der Waals surface area (Å²) in [7, 11) is 0. The van der Waals surface area contributed by atoms with Crippen LogP contribution in [0.5, 0.6) is 0 Å². The Kier molecular flexibility index (Phi) is 2.64. The van der Waals surface area contributed by atoms with Gasteiger partial charge in [0.15, 0.2) is 0 Å². The van der Waals surface area contributed by atoms with Gasteiger partial charge in [-0.2, -0.15) is 0 Å². The molecular weight excluding hydrogens is 342 g/mol. The van der Waals surface area contributed by atoms with Gasteiger partial charge >= 0.3 is 0 Å². The molecule has 0 fully saturated rings. The Balaban J connectivity index is 1.52. The van der Waals surface area contributed by atoms with Gasteiger partial charge in [0.25, 0.3) is 0 Å². The van der Waals surface area contributed by atoms with E-state index in [0.717, 1.165) is 25.1 Å². The minimum Gasteiger partial charge on any atom is -0.294 e. The summed E-state index contributed by atoms with van der Waals surface area (Å²) in [4.78, 5) is 11.7. The van der Waals surface area contributed by atoms with E-state index in [4.69, 9.17) is 4.98 Å². The molecule has 2 aromatic carbocycles. The maximum atomic E-state index is 4.78. The first-order valence-electron chi connectivity index (χ1n) is 9.81. The van der Waals surface area contributed by atoms with Crippen molar-refractivity contribution >= 4 is 17.2 Å². The van der Waals surface area contributed by atoms with Crippen LogP contribution in [-0.2, 0) is 19.3 Å². The zero-order chi connectivity index (χ0) is 18.2. The van der Waals surface area contributed by atoms with Crippen molar-refractivity contribution in [2.75, 3.05) is 4.90 Å². The highest BCUT2D eigenvalue weighted by Gasteiger charge is 2.35. The molecule has 0 unspecified atom stereocenters. The number of aromatic nitrogens is 2. The molecule has 0 saturated heterocycles. The van der Waals surface area contributed by atoms with Crippen molar-refractivity contribution in [1.29, 1.82) is 0 Å². The molecular formula is C25H17N3. The average molecular weight is 359 g/mol. The van der Waals surface area contributed by atoms with Crippen molar-refractivity contribution < 1.29 is 0 Å². The molecule has 1 aliphatic carbocycles. The van der Waals surface area contributed by atoms with E-state index >= 15 is 0 Å². The molecule has 4 heterocycles. The molecule has 0 radical (unpaired) electrons. The first-order valence-corrected chi connectivity index (χ1v) is 9.81. The molecule has 0 amide bonds. The lowest BCUT2D eigenvalue weighted by Crippen LogP contribution is -2.26. The number of hydrogen-bond donors (Lipinski definition) is 0. The van der Waals surface area contributed by atoms with E-state index in [1.165, 1.54) is 55.9 Å². The zero-order valence-corrected chi connectivity index (χ0v) is 15.3. The highest BCUT2D eigenvalue weighted by Crippen LogP contribution is 2.52. The van der Waals surface area contributed by atoms with E-state index in [-0.39, 0.29) is 0 Å². The van der Waals surface area contributed by atoms with Crippen molar-refractivity contribution in [3.63, 3.8) is 0 Å². The Bertz CT molecular complexity index is 1310. The zero-order valence-electron chi connectivity index (χ0n) is 15.3. The first-order chi connectivity index (χ1) is 13.9. The van der Waals surface area contributed by atoms with E-state index in [0.29, 0.717) is 0 Å². The summed E-state index contributed by atoms with van der Waals surface area (Å²) in [6, 6.07) is 17.6. The third kappa shape index (κ3) is 1.74. The number of pyridine rings is 2. The summed E-state index contributed by atoms with van der Waals surface area (Å²) in [6.45, 7) is 0. The van der Waals surface area contributed by atoms with Crippen molar-refractivity contribution in [3.8, 4) is 11.1 Å². The van der Waals surface area contributed by atoms with Crippen LogP contribution in [-0.4, -0.2) is 9.97 Å². The molecule has 2 aliphatic heterocycles. The summed E-state index contributed by atoms with van der Waals surface area (Å²) >= 11 is 0. The summed E-state index contributed by atoms with van der Waals surface area (Å²) in [5.74, 6) is 1.07. The highest BCUT2D eigenvalue weighted by atomic mass is 15.2. The third-order valence-corrected chi connectivity index (χ3v) is 6.44. The molecule has 0 bridgehead atoms. The van der Waals surface area contributed by atoms with Crippen LogP contribution in [0.2, 0.25) is 0 Å². The van der Waals surface area contributed by atoms with Gasteiger partial charge in [-0.3, -0.25) is 9.88 Å². The van der Waals surface area contributed by atoms with Crippen LogP contribution in [0, 0.1) is 0 Å². The molecule has 0 atom stereocenters. The lowest BCUT2D eigenvalue weighted by Gasteiger charge is -2.38. The fourth-order valence-electron chi connectivity index (χ4n) is 5.27. The van der Waals surface area contributed by atoms with Crippen LogP contribution in [0.15, 0.2) is 67.1 Å². The minimum atomic E-state index is 0.904. The topological polar surface area (TPSA) is 29.0 Å². The second-order valence-corrected chi connectivity index (χ2v) is 7.90.